The van der Waals surface area contributed by atoms with Gasteiger partial charge in [0.1, 0.15) is 0 Å². The molecule has 1 rings (SSSR count). The van der Waals surface area contributed by atoms with Crippen LogP contribution in [0.2, 0.25) is 0 Å². The predicted molar refractivity (Wildman–Crippen MR) is 70.7 cm³/mol. The molecule has 0 atom stereocenters. The Balaban J connectivity index is 2.33. The molecular formula is C14H19N3O. The minimum Gasteiger partial charge on any atom is -0.355 e. The summed E-state index contributed by atoms with van der Waals surface area (Å²) in [5.41, 5.74) is 1.56. The second-order valence-corrected chi connectivity index (χ2v) is 4.57. The van der Waals surface area contributed by atoms with Gasteiger partial charge in [-0.15, -0.1) is 0 Å². The van der Waals surface area contributed by atoms with Crippen molar-refractivity contribution in [2.45, 2.75) is 20.4 Å². The van der Waals surface area contributed by atoms with Crippen molar-refractivity contribution in [2.75, 3.05) is 13.1 Å². The fourth-order valence-corrected chi connectivity index (χ4v) is 1.47. The largest absolute Gasteiger partial charge is 0.355 e. The molecule has 0 aliphatic rings. The molecule has 4 nitrogen and oxygen atoms in total. The number of hydrogen-bond acceptors (Lipinski definition) is 3. The summed E-state index contributed by atoms with van der Waals surface area (Å²) in [5, 5.41) is 14.8. The Kier molecular flexibility index (Phi) is 5.89. The van der Waals surface area contributed by atoms with Crippen LogP contribution in [0, 0.1) is 17.2 Å². The van der Waals surface area contributed by atoms with Crippen molar-refractivity contribution in [1.82, 2.24) is 10.6 Å². The minimum atomic E-state index is -0.0156. The summed E-state index contributed by atoms with van der Waals surface area (Å²) in [6, 6.07) is 9.51. The normalized spacial score (nSPS) is 10.1. The smallest absolute Gasteiger partial charge is 0.233 e. The van der Waals surface area contributed by atoms with Gasteiger partial charge in [0.25, 0.3) is 0 Å². The Bertz CT molecular complexity index is 435. The predicted octanol–water partition coefficient (Wildman–Crippen LogP) is 1.42. The Hall–Kier alpha value is -1.86. The number of rotatable bonds is 6. The van der Waals surface area contributed by atoms with Crippen LogP contribution < -0.4 is 10.6 Å². The van der Waals surface area contributed by atoms with Gasteiger partial charge in [0.05, 0.1) is 18.2 Å². The molecule has 2 N–H and O–H groups in total. The zero-order valence-corrected chi connectivity index (χ0v) is 10.9. The van der Waals surface area contributed by atoms with Crippen LogP contribution >= 0.6 is 0 Å². The molecule has 0 unspecified atom stereocenters. The van der Waals surface area contributed by atoms with Gasteiger partial charge in [-0.3, -0.25) is 4.79 Å². The second-order valence-electron chi connectivity index (χ2n) is 4.57. The molecule has 0 heterocycles. The van der Waals surface area contributed by atoms with Gasteiger partial charge in [-0.05, 0) is 17.5 Å². The lowest BCUT2D eigenvalue weighted by atomic mass is 10.1. The summed E-state index contributed by atoms with van der Waals surface area (Å²) in [7, 11) is 0. The summed E-state index contributed by atoms with van der Waals surface area (Å²) in [4.78, 5) is 11.5. The Morgan fingerprint density at radius 2 is 2.11 bits per heavy atom. The minimum absolute atomic E-state index is 0.0156. The lowest BCUT2D eigenvalue weighted by Gasteiger charge is -2.09. The van der Waals surface area contributed by atoms with E-state index in [-0.39, 0.29) is 12.5 Å². The molecule has 0 bridgehead atoms. The number of hydrogen-bond donors (Lipinski definition) is 2. The fourth-order valence-electron chi connectivity index (χ4n) is 1.47. The van der Waals surface area contributed by atoms with E-state index in [1.165, 1.54) is 0 Å². The van der Waals surface area contributed by atoms with E-state index in [0.717, 1.165) is 5.56 Å². The molecule has 4 heteroatoms. The van der Waals surface area contributed by atoms with E-state index in [1.807, 2.05) is 18.2 Å². The molecular weight excluding hydrogens is 226 g/mol. The van der Waals surface area contributed by atoms with Gasteiger partial charge in [0.15, 0.2) is 0 Å². The van der Waals surface area contributed by atoms with Gasteiger partial charge in [-0.25, -0.2) is 0 Å². The first-order valence-corrected chi connectivity index (χ1v) is 6.09. The molecule has 1 aromatic rings. The van der Waals surface area contributed by atoms with Crippen LogP contribution in [0.1, 0.15) is 25.0 Å². The van der Waals surface area contributed by atoms with E-state index in [4.69, 9.17) is 5.26 Å². The van der Waals surface area contributed by atoms with Gasteiger partial charge in [-0.2, -0.15) is 5.26 Å². The van der Waals surface area contributed by atoms with Crippen LogP contribution in [-0.4, -0.2) is 19.0 Å². The van der Waals surface area contributed by atoms with Crippen molar-refractivity contribution in [1.29, 1.82) is 5.26 Å². The third-order valence-electron chi connectivity index (χ3n) is 2.45. The Morgan fingerprint density at radius 1 is 1.39 bits per heavy atom. The van der Waals surface area contributed by atoms with E-state index in [9.17, 15) is 4.79 Å². The zero-order chi connectivity index (χ0) is 13.4. The molecule has 0 fully saturated rings. The summed E-state index contributed by atoms with van der Waals surface area (Å²) in [6.07, 6.45) is 0. The molecule has 1 amide bonds. The maximum absolute atomic E-state index is 11.5. The molecule has 1 aromatic carbocycles. The summed E-state index contributed by atoms with van der Waals surface area (Å²) in [5.74, 6) is 0.436. The lowest BCUT2D eigenvalue weighted by molar-refractivity contribution is -0.120. The van der Waals surface area contributed by atoms with E-state index >= 15 is 0 Å². The summed E-state index contributed by atoms with van der Waals surface area (Å²) < 4.78 is 0. The number of nitriles is 1. The average molecular weight is 245 g/mol. The first-order valence-electron chi connectivity index (χ1n) is 6.09. The van der Waals surface area contributed by atoms with Gasteiger partial charge >= 0.3 is 0 Å². The highest BCUT2D eigenvalue weighted by Gasteiger charge is 2.03. The van der Waals surface area contributed by atoms with Crippen LogP contribution in [0.5, 0.6) is 0 Å². The maximum Gasteiger partial charge on any atom is 0.233 e. The molecule has 96 valence electrons. The van der Waals surface area contributed by atoms with Crippen LogP contribution in [0.4, 0.5) is 0 Å². The molecule has 0 aromatic heterocycles. The van der Waals surface area contributed by atoms with Crippen LogP contribution in [0.15, 0.2) is 24.3 Å². The molecule has 0 aliphatic heterocycles. The fraction of sp³-hybridized carbons (Fsp3) is 0.429. The summed E-state index contributed by atoms with van der Waals surface area (Å²) >= 11 is 0. The summed E-state index contributed by atoms with van der Waals surface area (Å²) in [6.45, 7) is 5.59. The van der Waals surface area contributed by atoms with Crippen molar-refractivity contribution < 1.29 is 4.79 Å². The Labute approximate surface area is 108 Å². The van der Waals surface area contributed by atoms with Crippen molar-refractivity contribution >= 4 is 5.91 Å². The first kappa shape index (κ1) is 14.2. The van der Waals surface area contributed by atoms with Gasteiger partial charge < -0.3 is 10.6 Å². The number of nitrogens with one attached hydrogen (secondary N) is 2. The van der Waals surface area contributed by atoms with Crippen molar-refractivity contribution in [3.8, 4) is 6.07 Å². The number of nitrogens with zero attached hydrogens (tertiary/aromatic N) is 1. The van der Waals surface area contributed by atoms with E-state index in [2.05, 4.69) is 30.6 Å². The molecule has 18 heavy (non-hydrogen) atoms. The van der Waals surface area contributed by atoms with Crippen LogP contribution in [-0.2, 0) is 11.3 Å². The highest BCUT2D eigenvalue weighted by atomic mass is 16.1. The third kappa shape index (κ3) is 4.98. The first-order chi connectivity index (χ1) is 8.63. The third-order valence-corrected chi connectivity index (χ3v) is 2.45. The van der Waals surface area contributed by atoms with Crippen molar-refractivity contribution in [2.24, 2.45) is 5.92 Å². The quantitative estimate of drug-likeness (QED) is 0.796. The van der Waals surface area contributed by atoms with Crippen molar-refractivity contribution in [3.63, 3.8) is 0 Å². The molecule has 0 spiro atoms. The van der Waals surface area contributed by atoms with Gasteiger partial charge in [0.2, 0.25) is 5.91 Å². The van der Waals surface area contributed by atoms with Gasteiger partial charge in [-0.1, -0.05) is 32.0 Å². The van der Waals surface area contributed by atoms with E-state index in [0.29, 0.717) is 24.6 Å². The molecule has 0 radical (unpaired) electrons. The highest BCUT2D eigenvalue weighted by molar-refractivity contribution is 5.77. The topological polar surface area (TPSA) is 64.9 Å². The number of amides is 1. The molecule has 0 aliphatic carbocycles. The average Bonchev–Trinajstić information content (AvgIpc) is 2.37. The highest BCUT2D eigenvalue weighted by Crippen LogP contribution is 2.06. The molecule has 0 saturated heterocycles. The SMILES string of the molecule is CC(C)CNC(=O)CNCc1ccccc1C#N. The van der Waals surface area contributed by atoms with Gasteiger partial charge in [0, 0.05) is 13.1 Å². The van der Waals surface area contributed by atoms with Crippen LogP contribution in [0.3, 0.4) is 0 Å². The number of carbonyl (C=O) groups is 1. The Morgan fingerprint density at radius 3 is 2.78 bits per heavy atom. The standard InChI is InChI=1S/C14H19N3O/c1-11(2)8-17-14(18)10-16-9-13-6-4-3-5-12(13)7-15/h3-6,11,16H,8-10H2,1-2H3,(H,17,18). The number of benzene rings is 1. The van der Waals surface area contributed by atoms with Crippen molar-refractivity contribution in [3.05, 3.63) is 35.4 Å². The monoisotopic (exact) mass is 245 g/mol. The second kappa shape index (κ2) is 7.46. The lowest BCUT2D eigenvalue weighted by Crippen LogP contribution is -2.35. The zero-order valence-electron chi connectivity index (χ0n) is 10.9. The molecule has 0 saturated carbocycles. The van der Waals surface area contributed by atoms with E-state index in [1.54, 1.807) is 6.07 Å². The maximum atomic E-state index is 11.5. The van der Waals surface area contributed by atoms with E-state index < -0.39 is 0 Å². The number of carbonyl (C=O) groups excluding carboxylic acids is 1. The van der Waals surface area contributed by atoms with Crippen LogP contribution in [0.25, 0.3) is 0 Å².